The molecule has 6 N–H and O–H groups in total. The molecule has 0 unspecified atom stereocenters. The molecule has 1 saturated heterocycles. The third-order valence-electron chi connectivity index (χ3n) is 12.2. The maximum atomic E-state index is 14.0. The van der Waals surface area contributed by atoms with Crippen LogP contribution in [0.5, 0.6) is 0 Å². The Hall–Kier alpha value is -3.70. The Bertz CT molecular complexity index is 1780. The number of carbonyl (C=O) groups is 4. The number of ether oxygens (including phenoxy) is 4. The van der Waals surface area contributed by atoms with Gasteiger partial charge in [0.05, 0.1) is 30.3 Å². The number of hydrogen-bond acceptors (Lipinski definition) is 14. The summed E-state index contributed by atoms with van der Waals surface area (Å²) in [6.45, 7) is 8.42. The van der Waals surface area contributed by atoms with E-state index in [0.717, 1.165) is 0 Å². The Kier molecular flexibility index (Phi) is 10.2. The predicted molar refractivity (Wildman–Crippen MR) is 187 cm³/mol. The highest BCUT2D eigenvalue weighted by Crippen LogP contribution is 2.65. The van der Waals surface area contributed by atoms with Gasteiger partial charge >= 0.3 is 17.9 Å². The topological polar surface area (TPSA) is 218 Å². The molecule has 1 aliphatic heterocycles. The maximum absolute atomic E-state index is 14.0. The fourth-order valence-electron chi connectivity index (χ4n) is 9.33. The monoisotopic (exact) mass is 757 g/mol. The zero-order valence-electron chi connectivity index (χ0n) is 30.3. The summed E-state index contributed by atoms with van der Waals surface area (Å²) in [7, 11) is 0. The van der Waals surface area contributed by atoms with Crippen molar-refractivity contribution in [2.24, 2.45) is 16.7 Å². The first-order chi connectivity index (χ1) is 24.8. The normalized spacial score (nSPS) is 36.9. The number of amides is 1. The van der Waals surface area contributed by atoms with E-state index in [1.54, 1.807) is 56.5 Å². The molecule has 4 aliphatic rings. The SMILES string of the molecule is CC(=O)N[C@@H](c1cccs1)[C@@H](O)C(=O)O[C@H]1C[C@@]2(O)[C@@H](OC(=O)c3ccccc3)[C@@H]3[C@]4(OC(C)=O)CO[C@@H]4C[C@H](O)[C@@]3(C)[C@H](O)[C@H](O)C(=C1C)C2(C)C. The Morgan fingerprint density at radius 2 is 1.68 bits per heavy atom. The average molecular weight is 758 g/mol. The number of carbonyl (C=O) groups excluding carboxylic acids is 4. The molecule has 0 spiro atoms. The van der Waals surface area contributed by atoms with Gasteiger partial charge in [-0.15, -0.1) is 11.3 Å². The van der Waals surface area contributed by atoms with Gasteiger partial charge in [-0.1, -0.05) is 45.0 Å². The third kappa shape index (κ3) is 6.10. The van der Waals surface area contributed by atoms with Crippen LogP contribution >= 0.6 is 11.3 Å². The van der Waals surface area contributed by atoms with Gasteiger partial charge in [0.1, 0.15) is 36.1 Å². The van der Waals surface area contributed by atoms with Crippen LogP contribution in [0.25, 0.3) is 0 Å². The van der Waals surface area contributed by atoms with Crippen LogP contribution in [0, 0.1) is 16.7 Å². The van der Waals surface area contributed by atoms with Crippen LogP contribution < -0.4 is 5.32 Å². The van der Waals surface area contributed by atoms with Crippen molar-refractivity contribution in [1.29, 1.82) is 0 Å². The molecule has 1 aromatic carbocycles. The Morgan fingerprint density at radius 1 is 1.00 bits per heavy atom. The summed E-state index contributed by atoms with van der Waals surface area (Å²) >= 11 is 1.20. The molecule has 2 aromatic rings. The van der Waals surface area contributed by atoms with Crippen molar-refractivity contribution in [2.75, 3.05) is 6.61 Å². The van der Waals surface area contributed by atoms with E-state index >= 15 is 0 Å². The van der Waals surface area contributed by atoms with Crippen molar-refractivity contribution in [2.45, 2.75) is 114 Å². The lowest BCUT2D eigenvalue weighted by molar-refractivity contribution is -0.365. The summed E-state index contributed by atoms with van der Waals surface area (Å²) in [5, 5.41) is 65.2. The quantitative estimate of drug-likeness (QED) is 0.129. The largest absolute Gasteiger partial charge is 0.456 e. The highest BCUT2D eigenvalue weighted by Gasteiger charge is 2.77. The fraction of sp³-hybridized carbons (Fsp3) is 0.579. The number of thiophene rings is 1. The second kappa shape index (κ2) is 13.9. The minimum absolute atomic E-state index is 0.0591. The van der Waals surface area contributed by atoms with E-state index in [2.05, 4.69) is 5.32 Å². The molecule has 2 saturated carbocycles. The lowest BCUT2D eigenvalue weighted by atomic mass is 9.44. The first-order valence-corrected chi connectivity index (χ1v) is 18.4. The molecular weight excluding hydrogens is 710 g/mol. The van der Waals surface area contributed by atoms with Gasteiger partial charge in [0, 0.05) is 42.4 Å². The van der Waals surface area contributed by atoms with Gasteiger partial charge in [-0.25, -0.2) is 9.59 Å². The zero-order valence-corrected chi connectivity index (χ0v) is 31.2. The molecule has 1 amide bonds. The number of aliphatic hydroxyl groups excluding tert-OH is 4. The number of aliphatic hydroxyl groups is 5. The molecule has 53 heavy (non-hydrogen) atoms. The van der Waals surface area contributed by atoms with Crippen LogP contribution in [0.15, 0.2) is 59.0 Å². The summed E-state index contributed by atoms with van der Waals surface area (Å²) in [6.07, 6.45) is -11.5. The van der Waals surface area contributed by atoms with Crippen LogP contribution in [0.4, 0.5) is 0 Å². The zero-order chi connectivity index (χ0) is 38.8. The summed E-state index contributed by atoms with van der Waals surface area (Å²) in [5.74, 6) is -4.67. The fourth-order valence-corrected chi connectivity index (χ4v) is 10.1. The van der Waals surface area contributed by atoms with E-state index in [9.17, 15) is 44.7 Å². The van der Waals surface area contributed by atoms with Crippen LogP contribution in [0.2, 0.25) is 0 Å². The molecule has 14 nitrogen and oxygen atoms in total. The molecule has 2 heterocycles. The number of nitrogens with one attached hydrogen (secondary N) is 1. The van der Waals surface area contributed by atoms with Crippen molar-refractivity contribution in [1.82, 2.24) is 5.32 Å². The second-order valence-corrected chi connectivity index (χ2v) is 16.4. The minimum Gasteiger partial charge on any atom is -0.456 e. The molecule has 15 heteroatoms. The van der Waals surface area contributed by atoms with Crippen molar-refractivity contribution in [3.63, 3.8) is 0 Å². The molecule has 3 fully saturated rings. The summed E-state index contributed by atoms with van der Waals surface area (Å²) in [4.78, 5) is 53.2. The highest BCUT2D eigenvalue weighted by molar-refractivity contribution is 7.10. The molecule has 6 rings (SSSR count). The molecule has 288 valence electrons. The van der Waals surface area contributed by atoms with Crippen molar-refractivity contribution in [3.8, 4) is 0 Å². The number of rotatable bonds is 8. The van der Waals surface area contributed by atoms with Crippen LogP contribution in [-0.2, 0) is 33.3 Å². The highest BCUT2D eigenvalue weighted by atomic mass is 32.1. The number of hydrogen-bond donors (Lipinski definition) is 6. The van der Waals surface area contributed by atoms with Gasteiger partial charge in [0.15, 0.2) is 11.7 Å². The van der Waals surface area contributed by atoms with E-state index in [4.69, 9.17) is 18.9 Å². The van der Waals surface area contributed by atoms with Crippen molar-refractivity contribution < 1.29 is 63.7 Å². The Morgan fingerprint density at radius 3 is 2.25 bits per heavy atom. The lowest BCUT2D eigenvalue weighted by Gasteiger charge is -2.69. The van der Waals surface area contributed by atoms with E-state index < -0.39 is 107 Å². The van der Waals surface area contributed by atoms with E-state index in [1.807, 2.05) is 0 Å². The molecule has 2 bridgehead atoms. The van der Waals surface area contributed by atoms with Crippen LogP contribution in [0.1, 0.15) is 75.7 Å². The number of esters is 3. The molecule has 0 radical (unpaired) electrons. The van der Waals surface area contributed by atoms with Crippen LogP contribution in [0.3, 0.4) is 0 Å². The molecule has 1 aromatic heterocycles. The summed E-state index contributed by atoms with van der Waals surface area (Å²) in [5.41, 5.74) is -6.83. The van der Waals surface area contributed by atoms with Crippen molar-refractivity contribution >= 4 is 35.2 Å². The van der Waals surface area contributed by atoms with E-state index in [-0.39, 0.29) is 29.7 Å². The molecule has 12 atom stereocenters. The van der Waals surface area contributed by atoms with E-state index in [0.29, 0.717) is 4.88 Å². The van der Waals surface area contributed by atoms with Gasteiger partial charge in [0.2, 0.25) is 5.91 Å². The first-order valence-electron chi connectivity index (χ1n) is 17.5. The lowest BCUT2D eigenvalue weighted by Crippen LogP contribution is -2.82. The number of fused-ring (bicyclic) bond motifs is 5. The molecular formula is C38H47NO13S. The van der Waals surface area contributed by atoms with Gasteiger partial charge in [-0.2, -0.15) is 0 Å². The molecule has 3 aliphatic carbocycles. The summed E-state index contributed by atoms with van der Waals surface area (Å²) < 4.78 is 24.1. The minimum atomic E-state index is -2.27. The first kappa shape index (κ1) is 39.0. The predicted octanol–water partition coefficient (Wildman–Crippen LogP) is 1.72. The van der Waals surface area contributed by atoms with Gasteiger partial charge in [0.25, 0.3) is 0 Å². The number of benzene rings is 1. The standard InChI is InChI=1S/C38H47NO13S/c1-18-22(50-34(47)29(44)27(39-19(2)40)23-13-10-14-53-23)16-38(48)32(51-33(46)21-11-8-7-9-12-21)30-36(6,31(45)28(43)26(18)35(38,4)5)24(42)15-25-37(30,17-49-25)52-20(3)41/h7-14,22,24-25,27-32,42-45,48H,15-17H2,1-6H3,(H,39,40)/t22-,24-,25+,27-,28+,29+,30-,31+,32-,36+,37-,38+/m0/s1. The Labute approximate surface area is 310 Å². The smallest absolute Gasteiger partial charge is 0.338 e. The summed E-state index contributed by atoms with van der Waals surface area (Å²) in [6, 6.07) is 10.1. The third-order valence-corrected chi connectivity index (χ3v) is 13.1. The Balaban J connectivity index is 1.52. The van der Waals surface area contributed by atoms with Gasteiger partial charge < -0.3 is 49.8 Å². The van der Waals surface area contributed by atoms with Crippen LogP contribution in [-0.4, -0.2) is 110 Å². The second-order valence-electron chi connectivity index (χ2n) is 15.4. The van der Waals surface area contributed by atoms with Crippen molar-refractivity contribution in [3.05, 3.63) is 69.4 Å². The van der Waals surface area contributed by atoms with Gasteiger partial charge in [-0.3, -0.25) is 9.59 Å². The average Bonchev–Trinajstić information content (AvgIpc) is 3.63. The van der Waals surface area contributed by atoms with Gasteiger partial charge in [-0.05, 0) is 41.6 Å². The maximum Gasteiger partial charge on any atom is 0.338 e. The van der Waals surface area contributed by atoms with E-state index in [1.165, 1.54) is 44.2 Å².